The Kier molecular flexibility index (Phi) is 6.69. The van der Waals surface area contributed by atoms with E-state index in [2.05, 4.69) is 9.62 Å². The zero-order valence-electron chi connectivity index (χ0n) is 15.6. The fourth-order valence-electron chi connectivity index (χ4n) is 3.37. The lowest BCUT2D eigenvalue weighted by molar-refractivity contribution is -0.117. The van der Waals surface area contributed by atoms with E-state index in [0.717, 1.165) is 45.7 Å². The summed E-state index contributed by atoms with van der Waals surface area (Å²) >= 11 is 0. The quantitative estimate of drug-likeness (QED) is 0.654. The molecule has 1 aromatic rings. The first-order valence-corrected chi connectivity index (χ1v) is 10.8. The van der Waals surface area contributed by atoms with Crippen molar-refractivity contribution in [1.82, 2.24) is 9.62 Å². The van der Waals surface area contributed by atoms with Gasteiger partial charge in [-0.15, -0.1) is 0 Å². The van der Waals surface area contributed by atoms with Crippen LogP contribution in [0.2, 0.25) is 0 Å². The zero-order valence-corrected chi connectivity index (χ0v) is 16.5. The van der Waals surface area contributed by atoms with Crippen LogP contribution in [0.4, 0.5) is 5.69 Å². The Morgan fingerprint density at radius 1 is 1.22 bits per heavy atom. The lowest BCUT2D eigenvalue weighted by Crippen LogP contribution is -2.38. The number of carbonyl (C=O) groups excluding carboxylic acids is 1. The first kappa shape index (κ1) is 20.1. The Balaban J connectivity index is 1.64. The highest BCUT2D eigenvalue weighted by Gasteiger charge is 2.26. The van der Waals surface area contributed by atoms with E-state index in [1.165, 1.54) is 19.2 Å². The number of nitrogens with zero attached hydrogens (tertiary/aromatic N) is 2. The van der Waals surface area contributed by atoms with Crippen molar-refractivity contribution in [3.8, 4) is 5.75 Å². The van der Waals surface area contributed by atoms with E-state index >= 15 is 0 Å². The number of ether oxygens (including phenoxy) is 2. The molecule has 0 unspecified atom stereocenters. The first-order chi connectivity index (χ1) is 13.0. The van der Waals surface area contributed by atoms with Gasteiger partial charge in [-0.2, -0.15) is 0 Å². The SMILES string of the molecule is COc1ccc(S(=O)(=O)NCCCN2CCOCC2)cc1N1CCCC1=O. The topological polar surface area (TPSA) is 88.2 Å². The first-order valence-electron chi connectivity index (χ1n) is 9.29. The van der Waals surface area contributed by atoms with E-state index in [9.17, 15) is 13.2 Å². The minimum atomic E-state index is -3.64. The van der Waals surface area contributed by atoms with Gasteiger partial charge in [0.05, 0.1) is 30.9 Å². The van der Waals surface area contributed by atoms with Crippen LogP contribution in [0.5, 0.6) is 5.75 Å². The molecule has 0 aromatic heterocycles. The summed E-state index contributed by atoms with van der Waals surface area (Å²) in [6.45, 7) is 5.01. The largest absolute Gasteiger partial charge is 0.495 e. The van der Waals surface area contributed by atoms with E-state index in [0.29, 0.717) is 30.9 Å². The number of nitrogens with one attached hydrogen (secondary N) is 1. The number of carbonyl (C=O) groups is 1. The van der Waals surface area contributed by atoms with Crippen LogP contribution in [0.25, 0.3) is 0 Å². The molecular weight excluding hydrogens is 370 g/mol. The summed E-state index contributed by atoms with van der Waals surface area (Å²) in [5.41, 5.74) is 0.510. The lowest BCUT2D eigenvalue weighted by Gasteiger charge is -2.26. The van der Waals surface area contributed by atoms with Crippen LogP contribution >= 0.6 is 0 Å². The van der Waals surface area contributed by atoms with Gasteiger partial charge in [0.1, 0.15) is 5.75 Å². The third kappa shape index (κ3) is 4.98. The minimum absolute atomic E-state index is 0.0127. The Morgan fingerprint density at radius 2 is 2.00 bits per heavy atom. The van der Waals surface area contributed by atoms with E-state index in [-0.39, 0.29) is 10.8 Å². The van der Waals surface area contributed by atoms with Crippen LogP contribution in [0.3, 0.4) is 0 Å². The summed E-state index contributed by atoms with van der Waals surface area (Å²) in [5, 5.41) is 0. The number of hydrogen-bond donors (Lipinski definition) is 1. The number of amides is 1. The van der Waals surface area contributed by atoms with E-state index in [1.807, 2.05) is 0 Å². The minimum Gasteiger partial charge on any atom is -0.495 e. The molecule has 2 aliphatic rings. The Bertz CT molecular complexity index is 762. The molecule has 0 radical (unpaired) electrons. The fraction of sp³-hybridized carbons (Fsp3) is 0.611. The molecular formula is C18H27N3O5S. The third-order valence-electron chi connectivity index (χ3n) is 4.87. The summed E-state index contributed by atoms with van der Waals surface area (Å²) in [5.74, 6) is 0.484. The summed E-state index contributed by atoms with van der Waals surface area (Å²) in [6.07, 6.45) is 1.96. The van der Waals surface area contributed by atoms with Gasteiger partial charge in [0.2, 0.25) is 15.9 Å². The third-order valence-corrected chi connectivity index (χ3v) is 6.33. The van der Waals surface area contributed by atoms with Crippen molar-refractivity contribution in [3.63, 3.8) is 0 Å². The monoisotopic (exact) mass is 397 g/mol. The van der Waals surface area contributed by atoms with E-state index < -0.39 is 10.0 Å². The second-order valence-corrected chi connectivity index (χ2v) is 8.45. The van der Waals surface area contributed by atoms with Gasteiger partial charge in [0.15, 0.2) is 0 Å². The molecule has 8 nitrogen and oxygen atoms in total. The van der Waals surface area contributed by atoms with Crippen molar-refractivity contribution < 1.29 is 22.7 Å². The van der Waals surface area contributed by atoms with Crippen LogP contribution in [0.15, 0.2) is 23.1 Å². The van der Waals surface area contributed by atoms with Crippen LogP contribution in [0.1, 0.15) is 19.3 Å². The van der Waals surface area contributed by atoms with Crippen molar-refractivity contribution in [2.24, 2.45) is 0 Å². The second kappa shape index (κ2) is 9.01. The van der Waals surface area contributed by atoms with Crippen molar-refractivity contribution in [3.05, 3.63) is 18.2 Å². The van der Waals surface area contributed by atoms with Gasteiger partial charge in [0, 0.05) is 32.6 Å². The molecule has 0 atom stereocenters. The van der Waals surface area contributed by atoms with Crippen molar-refractivity contribution >= 4 is 21.6 Å². The highest BCUT2D eigenvalue weighted by molar-refractivity contribution is 7.89. The van der Waals surface area contributed by atoms with Crippen LogP contribution in [0, 0.1) is 0 Å². The summed E-state index contributed by atoms with van der Waals surface area (Å²) in [6, 6.07) is 4.63. The number of methoxy groups -OCH3 is 1. The Morgan fingerprint density at radius 3 is 2.67 bits per heavy atom. The smallest absolute Gasteiger partial charge is 0.240 e. The highest BCUT2D eigenvalue weighted by atomic mass is 32.2. The van der Waals surface area contributed by atoms with Crippen molar-refractivity contribution in [2.45, 2.75) is 24.2 Å². The molecule has 0 aliphatic carbocycles. The maximum absolute atomic E-state index is 12.6. The van der Waals surface area contributed by atoms with Gasteiger partial charge in [-0.3, -0.25) is 9.69 Å². The maximum atomic E-state index is 12.6. The molecule has 0 saturated carbocycles. The van der Waals surface area contributed by atoms with Crippen LogP contribution < -0.4 is 14.4 Å². The molecule has 2 heterocycles. The van der Waals surface area contributed by atoms with Crippen LogP contribution in [-0.4, -0.2) is 72.3 Å². The molecule has 0 spiro atoms. The molecule has 0 bridgehead atoms. The standard InChI is InChI=1S/C18H27N3O5S/c1-25-17-6-5-15(14-16(17)21-9-2-4-18(21)22)27(23,24)19-7-3-8-20-10-12-26-13-11-20/h5-6,14,19H,2-4,7-13H2,1H3. The molecule has 1 N–H and O–H groups in total. The van der Waals surface area contributed by atoms with Gasteiger partial charge < -0.3 is 14.4 Å². The lowest BCUT2D eigenvalue weighted by atomic mass is 10.2. The van der Waals surface area contributed by atoms with Crippen molar-refractivity contribution in [2.75, 3.05) is 57.9 Å². The molecule has 3 rings (SSSR count). The molecule has 1 aromatic carbocycles. The predicted molar refractivity (Wildman–Crippen MR) is 102 cm³/mol. The van der Waals surface area contributed by atoms with Gasteiger partial charge >= 0.3 is 0 Å². The normalized spacial score (nSPS) is 18.9. The Hall–Kier alpha value is -1.68. The Labute approximate surface area is 160 Å². The molecule has 2 aliphatic heterocycles. The predicted octanol–water partition coefficient (Wildman–Crippen LogP) is 0.823. The van der Waals surface area contributed by atoms with Gasteiger partial charge in [-0.25, -0.2) is 13.1 Å². The number of anilines is 1. The van der Waals surface area contributed by atoms with Gasteiger partial charge in [-0.05, 0) is 37.6 Å². The summed E-state index contributed by atoms with van der Waals surface area (Å²) in [7, 11) is -2.13. The molecule has 150 valence electrons. The van der Waals surface area contributed by atoms with Crippen molar-refractivity contribution in [1.29, 1.82) is 0 Å². The van der Waals surface area contributed by atoms with Gasteiger partial charge in [-0.1, -0.05) is 0 Å². The zero-order chi connectivity index (χ0) is 19.3. The molecule has 9 heteroatoms. The van der Waals surface area contributed by atoms with E-state index in [4.69, 9.17) is 9.47 Å². The number of sulfonamides is 1. The maximum Gasteiger partial charge on any atom is 0.240 e. The fourth-order valence-corrected chi connectivity index (χ4v) is 4.46. The molecule has 2 saturated heterocycles. The summed E-state index contributed by atoms with van der Waals surface area (Å²) in [4.78, 5) is 16.1. The number of rotatable bonds is 8. The average Bonchev–Trinajstić information content (AvgIpc) is 3.11. The average molecular weight is 397 g/mol. The van der Waals surface area contributed by atoms with E-state index in [1.54, 1.807) is 11.0 Å². The number of morpholine rings is 1. The molecule has 27 heavy (non-hydrogen) atoms. The number of benzene rings is 1. The van der Waals surface area contributed by atoms with Crippen LogP contribution in [-0.2, 0) is 19.6 Å². The molecule has 2 fully saturated rings. The molecule has 1 amide bonds. The highest BCUT2D eigenvalue weighted by Crippen LogP contribution is 2.33. The van der Waals surface area contributed by atoms with Gasteiger partial charge in [0.25, 0.3) is 0 Å². The summed E-state index contributed by atoms with van der Waals surface area (Å²) < 4.78 is 38.6. The number of hydrogen-bond acceptors (Lipinski definition) is 6. The second-order valence-electron chi connectivity index (χ2n) is 6.69.